The third-order valence-corrected chi connectivity index (χ3v) is 8.32. The van der Waals surface area contributed by atoms with E-state index in [1.807, 2.05) is 66.0 Å². The molecule has 8 nitrogen and oxygen atoms in total. The lowest BCUT2D eigenvalue weighted by Gasteiger charge is -2.31. The second kappa shape index (κ2) is 12.0. The Bertz CT molecular complexity index is 1430. The van der Waals surface area contributed by atoms with Crippen LogP contribution in [-0.4, -0.2) is 45.4 Å². The molecule has 1 aromatic heterocycles. The van der Waals surface area contributed by atoms with E-state index in [0.717, 1.165) is 16.1 Å². The van der Waals surface area contributed by atoms with Gasteiger partial charge >= 0.3 is 0 Å². The third-order valence-electron chi connectivity index (χ3n) is 6.49. The number of para-hydroxylation sites is 1. The minimum Gasteiger partial charge on any atom is -0.351 e. The number of hydrogen-bond acceptors (Lipinski definition) is 7. The Labute approximate surface area is 235 Å². The van der Waals surface area contributed by atoms with E-state index in [1.165, 1.54) is 17.3 Å². The predicted molar refractivity (Wildman–Crippen MR) is 158 cm³/mol. The number of carbonyl (C=O) groups excluding carboxylic acids is 3. The standard InChI is InChI=1S/C29H29N5O3S2/c1-18(2)19-9-11-20(12-10-19)31-26(36)17-39-29-32-23-8-4-3-7-22(23)27-33-28(37)24(34(27)29)13-14-25(35)30-16-21-6-5-15-38-21/h3-12,15,18,24H,13-14,16-17H2,1-2H3,(H,30,35)(H,31,36). The van der Waals surface area contributed by atoms with Crippen molar-refractivity contribution < 1.29 is 14.4 Å². The summed E-state index contributed by atoms with van der Waals surface area (Å²) in [6.07, 6.45) is 0.464. The number of amides is 3. The SMILES string of the molecule is CC(C)c1ccc(NC(=O)CSC2=Nc3ccccc3C3=NC(=O)C(CCC(=O)NCc4cccs4)N23)cc1. The Hall–Kier alpha value is -3.76. The molecule has 0 saturated carbocycles. The number of anilines is 1. The summed E-state index contributed by atoms with van der Waals surface area (Å²) in [5.41, 5.74) is 3.39. The number of hydrogen-bond donors (Lipinski definition) is 2. The predicted octanol–water partition coefficient (Wildman–Crippen LogP) is 5.30. The molecule has 0 fully saturated rings. The summed E-state index contributed by atoms with van der Waals surface area (Å²) in [5.74, 6) is 0.427. The molecule has 0 saturated heterocycles. The zero-order valence-electron chi connectivity index (χ0n) is 21.7. The van der Waals surface area contributed by atoms with Gasteiger partial charge in [-0.25, -0.2) is 4.99 Å². The maximum Gasteiger partial charge on any atom is 0.270 e. The molecule has 2 aromatic carbocycles. The van der Waals surface area contributed by atoms with Crippen molar-refractivity contribution in [3.63, 3.8) is 0 Å². The van der Waals surface area contributed by atoms with Gasteiger partial charge in [-0.3, -0.25) is 19.3 Å². The molecule has 200 valence electrons. The number of rotatable bonds is 9. The molecule has 2 N–H and O–H groups in total. The molecule has 2 aliphatic heterocycles. The first-order valence-electron chi connectivity index (χ1n) is 12.8. The Morgan fingerprint density at radius 3 is 2.56 bits per heavy atom. The van der Waals surface area contributed by atoms with Crippen LogP contribution in [0.4, 0.5) is 11.4 Å². The van der Waals surface area contributed by atoms with E-state index >= 15 is 0 Å². The lowest BCUT2D eigenvalue weighted by atomic mass is 10.0. The molecular weight excluding hydrogens is 530 g/mol. The van der Waals surface area contributed by atoms with Crippen LogP contribution in [0.15, 0.2) is 76.0 Å². The van der Waals surface area contributed by atoms with Crippen molar-refractivity contribution in [2.75, 3.05) is 11.1 Å². The van der Waals surface area contributed by atoms with Crippen LogP contribution < -0.4 is 10.6 Å². The molecule has 3 aromatic rings. The molecule has 1 atom stereocenters. The van der Waals surface area contributed by atoms with E-state index in [1.54, 1.807) is 16.2 Å². The van der Waals surface area contributed by atoms with Crippen molar-refractivity contribution in [1.82, 2.24) is 10.2 Å². The van der Waals surface area contributed by atoms with Gasteiger partial charge in [-0.05, 0) is 53.6 Å². The topological polar surface area (TPSA) is 103 Å². The molecule has 2 aliphatic rings. The van der Waals surface area contributed by atoms with Crippen LogP contribution in [-0.2, 0) is 20.9 Å². The number of nitrogens with zero attached hydrogens (tertiary/aromatic N) is 3. The van der Waals surface area contributed by atoms with Gasteiger partial charge in [0.15, 0.2) is 5.17 Å². The summed E-state index contributed by atoms with van der Waals surface area (Å²) in [7, 11) is 0. The molecule has 10 heteroatoms. The number of thiophene rings is 1. The summed E-state index contributed by atoms with van der Waals surface area (Å²) >= 11 is 2.83. The fourth-order valence-electron chi connectivity index (χ4n) is 4.41. The number of nitrogens with one attached hydrogen (secondary N) is 2. The van der Waals surface area contributed by atoms with Gasteiger partial charge in [0.2, 0.25) is 11.8 Å². The van der Waals surface area contributed by atoms with Crippen LogP contribution in [0.25, 0.3) is 0 Å². The van der Waals surface area contributed by atoms with Crippen molar-refractivity contribution >= 4 is 63.2 Å². The van der Waals surface area contributed by atoms with Gasteiger partial charge in [0.25, 0.3) is 5.91 Å². The fraction of sp³-hybridized carbons (Fsp3) is 0.276. The minimum absolute atomic E-state index is 0.110. The average molecular weight is 560 g/mol. The highest BCUT2D eigenvalue weighted by Crippen LogP contribution is 2.35. The molecule has 3 amide bonds. The van der Waals surface area contributed by atoms with Crippen LogP contribution in [0.1, 0.15) is 48.6 Å². The summed E-state index contributed by atoms with van der Waals surface area (Å²) in [4.78, 5) is 50.3. The Kier molecular flexibility index (Phi) is 8.23. The van der Waals surface area contributed by atoms with Crippen LogP contribution >= 0.6 is 23.1 Å². The van der Waals surface area contributed by atoms with Gasteiger partial charge in [0.1, 0.15) is 11.9 Å². The monoisotopic (exact) mass is 559 g/mol. The summed E-state index contributed by atoms with van der Waals surface area (Å²) in [5, 5.41) is 8.33. The van der Waals surface area contributed by atoms with E-state index in [2.05, 4.69) is 29.5 Å². The number of aliphatic imine (C=N–C) groups is 2. The Morgan fingerprint density at radius 2 is 1.82 bits per heavy atom. The number of amidine groups is 2. The molecular formula is C29H29N5O3S2. The molecule has 1 unspecified atom stereocenters. The van der Waals surface area contributed by atoms with E-state index in [9.17, 15) is 14.4 Å². The second-order valence-electron chi connectivity index (χ2n) is 9.58. The number of benzene rings is 2. The average Bonchev–Trinajstić information content (AvgIpc) is 3.57. The maximum absolute atomic E-state index is 13.0. The summed E-state index contributed by atoms with van der Waals surface area (Å²) < 4.78 is 0. The van der Waals surface area contributed by atoms with Crippen molar-refractivity contribution in [3.8, 4) is 0 Å². The van der Waals surface area contributed by atoms with Crippen LogP contribution in [0.3, 0.4) is 0 Å². The fourth-order valence-corrected chi connectivity index (χ4v) is 5.90. The first-order chi connectivity index (χ1) is 18.9. The van der Waals surface area contributed by atoms with Gasteiger partial charge in [0, 0.05) is 22.5 Å². The zero-order valence-corrected chi connectivity index (χ0v) is 23.3. The van der Waals surface area contributed by atoms with Gasteiger partial charge in [-0.1, -0.05) is 55.9 Å². The highest BCUT2D eigenvalue weighted by molar-refractivity contribution is 8.14. The van der Waals surface area contributed by atoms with Gasteiger partial charge < -0.3 is 10.6 Å². The number of fused-ring (bicyclic) bond motifs is 3. The molecule has 0 spiro atoms. The molecule has 0 bridgehead atoms. The third kappa shape index (κ3) is 6.29. The second-order valence-corrected chi connectivity index (χ2v) is 11.6. The molecule has 5 rings (SSSR count). The molecule has 0 aliphatic carbocycles. The van der Waals surface area contributed by atoms with E-state index in [0.29, 0.717) is 29.2 Å². The Morgan fingerprint density at radius 1 is 1.03 bits per heavy atom. The number of carbonyl (C=O) groups is 3. The lowest BCUT2D eigenvalue weighted by Crippen LogP contribution is -2.44. The zero-order chi connectivity index (χ0) is 27.4. The van der Waals surface area contributed by atoms with Crippen molar-refractivity contribution in [1.29, 1.82) is 0 Å². The minimum atomic E-state index is -0.654. The Balaban J connectivity index is 1.26. The quantitative estimate of drug-likeness (QED) is 0.370. The summed E-state index contributed by atoms with van der Waals surface area (Å²) in [6, 6.07) is 18.6. The largest absolute Gasteiger partial charge is 0.351 e. The highest BCUT2D eigenvalue weighted by Gasteiger charge is 2.41. The van der Waals surface area contributed by atoms with Crippen LogP contribution in [0.2, 0.25) is 0 Å². The van der Waals surface area contributed by atoms with Crippen molar-refractivity contribution in [3.05, 3.63) is 82.0 Å². The van der Waals surface area contributed by atoms with Crippen LogP contribution in [0, 0.1) is 0 Å². The molecule has 39 heavy (non-hydrogen) atoms. The summed E-state index contributed by atoms with van der Waals surface area (Å²) in [6.45, 7) is 4.71. The van der Waals surface area contributed by atoms with E-state index < -0.39 is 6.04 Å². The lowest BCUT2D eigenvalue weighted by molar-refractivity contribution is -0.122. The normalized spacial score (nSPS) is 15.9. The first kappa shape index (κ1) is 26.8. The van der Waals surface area contributed by atoms with Crippen molar-refractivity contribution in [2.45, 2.75) is 45.2 Å². The van der Waals surface area contributed by atoms with Crippen LogP contribution in [0.5, 0.6) is 0 Å². The number of thioether (sulfide) groups is 1. The maximum atomic E-state index is 13.0. The van der Waals surface area contributed by atoms with E-state index in [-0.39, 0.29) is 36.3 Å². The van der Waals surface area contributed by atoms with E-state index in [4.69, 9.17) is 4.99 Å². The highest BCUT2D eigenvalue weighted by atomic mass is 32.2. The van der Waals surface area contributed by atoms with Gasteiger partial charge in [-0.2, -0.15) is 4.99 Å². The first-order valence-corrected chi connectivity index (χ1v) is 14.7. The molecule has 0 radical (unpaired) electrons. The molecule has 3 heterocycles. The van der Waals surface area contributed by atoms with Crippen molar-refractivity contribution in [2.24, 2.45) is 9.98 Å². The van der Waals surface area contributed by atoms with Gasteiger partial charge in [0.05, 0.1) is 18.0 Å². The smallest absolute Gasteiger partial charge is 0.270 e. The van der Waals surface area contributed by atoms with Gasteiger partial charge in [-0.15, -0.1) is 11.3 Å².